The molecule has 1 aromatic heterocycles. The second kappa shape index (κ2) is 5.35. The molecular weight excluding hydrogens is 240 g/mol. The van der Waals surface area contributed by atoms with E-state index in [4.69, 9.17) is 0 Å². The quantitative estimate of drug-likeness (QED) is 0.833. The molecule has 0 fully saturated rings. The van der Waals surface area contributed by atoms with Crippen LogP contribution in [0.25, 0.3) is 0 Å². The number of nitrogens with zero attached hydrogens (tertiary/aromatic N) is 1. The Kier molecular flexibility index (Phi) is 4.39. The number of nitrogens with one attached hydrogen (secondary N) is 1. The Morgan fingerprint density at radius 2 is 2.14 bits per heavy atom. The molecule has 0 radical (unpaired) electrons. The van der Waals surface area contributed by atoms with E-state index in [1.54, 1.807) is 0 Å². The van der Waals surface area contributed by atoms with Crippen LogP contribution in [0.3, 0.4) is 0 Å². The lowest BCUT2D eigenvalue weighted by molar-refractivity contribution is 0.607. The van der Waals surface area contributed by atoms with Gasteiger partial charge in [0.15, 0.2) is 0 Å². The Hall–Kier alpha value is -0.570. The van der Waals surface area contributed by atoms with Gasteiger partial charge in [-0.2, -0.15) is 0 Å². The number of pyridine rings is 1. The van der Waals surface area contributed by atoms with Crippen LogP contribution in [0, 0.1) is 12.8 Å². The fraction of sp³-hybridized carbons (Fsp3) is 0.545. The van der Waals surface area contributed by atoms with Gasteiger partial charge in [-0.3, -0.25) is 0 Å². The molecule has 1 rings (SSSR count). The second-order valence-corrected chi connectivity index (χ2v) is 4.69. The normalized spacial score (nSPS) is 10.6. The third kappa shape index (κ3) is 3.66. The lowest BCUT2D eigenvalue weighted by Gasteiger charge is -2.10. The fourth-order valence-corrected chi connectivity index (χ4v) is 1.61. The number of hydrogen-bond acceptors (Lipinski definition) is 2. The zero-order valence-corrected chi connectivity index (χ0v) is 10.6. The molecule has 1 aromatic rings. The number of anilines is 1. The molecule has 0 aliphatic rings. The minimum absolute atomic E-state index is 0.742. The number of hydrogen-bond donors (Lipinski definition) is 1. The highest BCUT2D eigenvalue weighted by Crippen LogP contribution is 2.16. The Morgan fingerprint density at radius 1 is 1.43 bits per heavy atom. The van der Waals surface area contributed by atoms with Gasteiger partial charge in [0, 0.05) is 6.54 Å². The van der Waals surface area contributed by atoms with Gasteiger partial charge in [-0.1, -0.05) is 13.8 Å². The topological polar surface area (TPSA) is 24.9 Å². The predicted molar refractivity (Wildman–Crippen MR) is 64.6 cm³/mol. The average molecular weight is 257 g/mol. The zero-order chi connectivity index (χ0) is 10.6. The fourth-order valence-electron chi connectivity index (χ4n) is 1.21. The van der Waals surface area contributed by atoms with Crippen molar-refractivity contribution in [2.45, 2.75) is 27.2 Å². The Bertz CT molecular complexity index is 297. The van der Waals surface area contributed by atoms with Gasteiger partial charge in [0.1, 0.15) is 4.60 Å². The first-order valence-corrected chi connectivity index (χ1v) is 5.76. The van der Waals surface area contributed by atoms with E-state index < -0.39 is 0 Å². The first-order chi connectivity index (χ1) is 6.59. The van der Waals surface area contributed by atoms with Crippen LogP contribution in [0.5, 0.6) is 0 Å². The summed E-state index contributed by atoms with van der Waals surface area (Å²) in [6, 6.07) is 4.03. The van der Waals surface area contributed by atoms with Crippen LogP contribution in [0.15, 0.2) is 16.7 Å². The summed E-state index contributed by atoms with van der Waals surface area (Å²) in [5, 5.41) is 3.39. The molecule has 0 saturated carbocycles. The summed E-state index contributed by atoms with van der Waals surface area (Å²) in [6.45, 7) is 7.49. The van der Waals surface area contributed by atoms with Gasteiger partial charge in [0.05, 0.1) is 11.4 Å². The van der Waals surface area contributed by atoms with Gasteiger partial charge in [0.2, 0.25) is 0 Å². The summed E-state index contributed by atoms with van der Waals surface area (Å²) in [4.78, 5) is 4.33. The van der Waals surface area contributed by atoms with E-state index in [9.17, 15) is 0 Å². The van der Waals surface area contributed by atoms with Crippen LogP contribution in [-0.4, -0.2) is 11.5 Å². The van der Waals surface area contributed by atoms with Crippen LogP contribution in [0.2, 0.25) is 0 Å². The molecule has 78 valence electrons. The van der Waals surface area contributed by atoms with Gasteiger partial charge in [-0.15, -0.1) is 0 Å². The highest BCUT2D eigenvalue weighted by molar-refractivity contribution is 9.10. The molecule has 0 spiro atoms. The van der Waals surface area contributed by atoms with Crippen LogP contribution >= 0.6 is 15.9 Å². The van der Waals surface area contributed by atoms with Crippen molar-refractivity contribution in [3.63, 3.8) is 0 Å². The number of rotatable bonds is 4. The lowest BCUT2D eigenvalue weighted by Crippen LogP contribution is -2.06. The minimum Gasteiger partial charge on any atom is -0.384 e. The zero-order valence-electron chi connectivity index (χ0n) is 8.97. The van der Waals surface area contributed by atoms with Crippen LogP contribution in [0.4, 0.5) is 5.69 Å². The summed E-state index contributed by atoms with van der Waals surface area (Å²) in [7, 11) is 0. The summed E-state index contributed by atoms with van der Waals surface area (Å²) in [6.07, 6.45) is 1.19. The third-order valence-corrected chi connectivity index (χ3v) is 2.53. The maximum absolute atomic E-state index is 4.33. The molecule has 14 heavy (non-hydrogen) atoms. The van der Waals surface area contributed by atoms with E-state index in [1.807, 2.05) is 13.0 Å². The van der Waals surface area contributed by atoms with E-state index in [2.05, 4.69) is 46.1 Å². The van der Waals surface area contributed by atoms with Crippen molar-refractivity contribution in [2.75, 3.05) is 11.9 Å². The average Bonchev–Trinajstić information content (AvgIpc) is 2.08. The predicted octanol–water partition coefficient (Wildman–Crippen LogP) is 3.61. The number of aryl methyl sites for hydroxylation is 1. The van der Waals surface area contributed by atoms with E-state index in [1.165, 1.54) is 6.42 Å². The summed E-state index contributed by atoms with van der Waals surface area (Å²) in [5.74, 6) is 0.742. The maximum Gasteiger partial charge on any atom is 0.106 e. The van der Waals surface area contributed by atoms with Crippen molar-refractivity contribution >= 4 is 21.6 Å². The lowest BCUT2D eigenvalue weighted by atomic mass is 10.1. The molecule has 1 heterocycles. The molecule has 2 nitrogen and oxygen atoms in total. The van der Waals surface area contributed by atoms with Gasteiger partial charge in [-0.25, -0.2) is 4.98 Å². The SMILES string of the molecule is Cc1nc(Br)ccc1NCCC(C)C. The summed E-state index contributed by atoms with van der Waals surface area (Å²) < 4.78 is 0.893. The molecule has 0 atom stereocenters. The van der Waals surface area contributed by atoms with Crippen molar-refractivity contribution in [1.29, 1.82) is 0 Å². The molecule has 0 aromatic carbocycles. The molecule has 0 aliphatic carbocycles. The van der Waals surface area contributed by atoms with E-state index in [-0.39, 0.29) is 0 Å². The molecule has 0 aliphatic heterocycles. The smallest absolute Gasteiger partial charge is 0.106 e. The molecule has 0 amide bonds. The van der Waals surface area contributed by atoms with Crippen molar-refractivity contribution in [3.05, 3.63) is 22.4 Å². The monoisotopic (exact) mass is 256 g/mol. The molecular formula is C11H17BrN2. The minimum atomic E-state index is 0.742. The van der Waals surface area contributed by atoms with Crippen LogP contribution < -0.4 is 5.32 Å². The van der Waals surface area contributed by atoms with E-state index >= 15 is 0 Å². The van der Waals surface area contributed by atoms with Crippen LogP contribution in [-0.2, 0) is 0 Å². The Morgan fingerprint density at radius 3 is 2.71 bits per heavy atom. The van der Waals surface area contributed by atoms with Gasteiger partial charge < -0.3 is 5.32 Å². The van der Waals surface area contributed by atoms with Crippen molar-refractivity contribution in [3.8, 4) is 0 Å². The highest BCUT2D eigenvalue weighted by atomic mass is 79.9. The molecule has 1 N–H and O–H groups in total. The largest absolute Gasteiger partial charge is 0.384 e. The van der Waals surface area contributed by atoms with E-state index in [0.717, 1.165) is 28.4 Å². The van der Waals surface area contributed by atoms with Crippen molar-refractivity contribution < 1.29 is 0 Å². The highest BCUT2D eigenvalue weighted by Gasteiger charge is 2.00. The Balaban J connectivity index is 2.51. The number of aromatic nitrogens is 1. The molecule has 0 saturated heterocycles. The third-order valence-electron chi connectivity index (χ3n) is 2.09. The summed E-state index contributed by atoms with van der Waals surface area (Å²) in [5.41, 5.74) is 2.18. The second-order valence-electron chi connectivity index (χ2n) is 3.88. The maximum atomic E-state index is 4.33. The molecule has 0 unspecified atom stereocenters. The number of halogens is 1. The Labute approximate surface area is 94.3 Å². The standard InChI is InChI=1S/C11H17BrN2/c1-8(2)6-7-13-10-4-5-11(12)14-9(10)3/h4-5,8,13H,6-7H2,1-3H3. The molecule has 3 heteroatoms. The first-order valence-electron chi connectivity index (χ1n) is 4.96. The van der Waals surface area contributed by atoms with Crippen molar-refractivity contribution in [2.24, 2.45) is 5.92 Å². The van der Waals surface area contributed by atoms with Crippen LogP contribution in [0.1, 0.15) is 26.0 Å². The van der Waals surface area contributed by atoms with Crippen molar-refractivity contribution in [1.82, 2.24) is 4.98 Å². The van der Waals surface area contributed by atoms with Gasteiger partial charge in [-0.05, 0) is 47.3 Å². The van der Waals surface area contributed by atoms with Gasteiger partial charge >= 0.3 is 0 Å². The van der Waals surface area contributed by atoms with Gasteiger partial charge in [0.25, 0.3) is 0 Å². The summed E-state index contributed by atoms with van der Waals surface area (Å²) >= 11 is 3.35. The van der Waals surface area contributed by atoms with E-state index in [0.29, 0.717) is 0 Å². The molecule has 0 bridgehead atoms. The first kappa shape index (κ1) is 11.5.